The molecule has 4 rings (SSSR count). The molecule has 0 fully saturated rings. The number of anilines is 1. The molecule has 0 spiro atoms. The number of aromatic carboxylic acids is 1. The first-order valence-corrected chi connectivity index (χ1v) is 10.3. The fraction of sp³-hybridized carbons (Fsp3) is 0.217. The van der Waals surface area contributed by atoms with Crippen LogP contribution >= 0.6 is 11.3 Å². The van der Waals surface area contributed by atoms with Crippen molar-refractivity contribution in [2.75, 3.05) is 5.32 Å². The smallest absolute Gasteiger partial charge is 0.346 e. The van der Waals surface area contributed by atoms with Crippen molar-refractivity contribution in [3.8, 4) is 16.9 Å². The fourth-order valence-corrected chi connectivity index (χ4v) is 4.91. The molecule has 0 saturated heterocycles. The Kier molecular flexibility index (Phi) is 5.11. The predicted molar refractivity (Wildman–Crippen MR) is 114 cm³/mol. The lowest BCUT2D eigenvalue weighted by molar-refractivity contribution is -0.116. The summed E-state index contributed by atoms with van der Waals surface area (Å²) in [4.78, 5) is 25.6. The number of carbonyl (C=O) groups is 2. The van der Waals surface area contributed by atoms with Gasteiger partial charge in [-0.3, -0.25) is 4.79 Å². The van der Waals surface area contributed by atoms with E-state index >= 15 is 0 Å². The van der Waals surface area contributed by atoms with Crippen LogP contribution in [0.1, 0.15) is 46.3 Å². The van der Waals surface area contributed by atoms with E-state index in [1.165, 1.54) is 11.3 Å². The number of carboxylic acids is 1. The van der Waals surface area contributed by atoms with Gasteiger partial charge in [0.2, 0.25) is 5.91 Å². The minimum atomic E-state index is -0.992. The molecule has 1 amide bonds. The normalized spacial score (nSPS) is 15.7. The highest BCUT2D eigenvalue weighted by Crippen LogP contribution is 2.49. The van der Waals surface area contributed by atoms with Gasteiger partial charge in [0, 0.05) is 22.8 Å². The SMILES string of the molecule is CC(C)Oc1cccc([C@@H]2CC(=O)Nc3c2sc(C(=O)O)c3-c2ccccc2)c1. The average Bonchev–Trinajstić information content (AvgIpc) is 3.07. The highest BCUT2D eigenvalue weighted by Gasteiger charge is 2.34. The molecule has 29 heavy (non-hydrogen) atoms. The summed E-state index contributed by atoms with van der Waals surface area (Å²) in [6, 6.07) is 17.0. The van der Waals surface area contributed by atoms with Crippen molar-refractivity contribution >= 4 is 28.9 Å². The maximum atomic E-state index is 12.5. The Hall–Kier alpha value is -3.12. The molecule has 1 aromatic heterocycles. The van der Waals surface area contributed by atoms with Crippen LogP contribution in [0.15, 0.2) is 54.6 Å². The molecule has 0 saturated carbocycles. The van der Waals surface area contributed by atoms with Gasteiger partial charge in [-0.05, 0) is 37.1 Å². The molecular weight excluding hydrogens is 386 g/mol. The quantitative estimate of drug-likeness (QED) is 0.596. The van der Waals surface area contributed by atoms with Gasteiger partial charge in [0.15, 0.2) is 0 Å². The number of hydrogen-bond acceptors (Lipinski definition) is 4. The molecule has 0 bridgehead atoms. The molecule has 2 N–H and O–H groups in total. The van der Waals surface area contributed by atoms with Gasteiger partial charge in [0.05, 0.1) is 11.8 Å². The third kappa shape index (κ3) is 3.76. The van der Waals surface area contributed by atoms with Crippen molar-refractivity contribution < 1.29 is 19.4 Å². The summed E-state index contributed by atoms with van der Waals surface area (Å²) in [7, 11) is 0. The largest absolute Gasteiger partial charge is 0.491 e. The standard InChI is InChI=1S/C23H21NO4S/c1-13(2)28-16-10-6-9-15(11-16)17-12-18(25)24-20-19(14-7-4-3-5-8-14)22(23(26)27)29-21(17)20/h3-11,13,17H,12H2,1-2H3,(H,24,25)(H,26,27)/t17-/m0/s1. The molecule has 0 aliphatic carbocycles. The Balaban J connectivity index is 1.86. The topological polar surface area (TPSA) is 75.6 Å². The van der Waals surface area contributed by atoms with Crippen molar-refractivity contribution in [2.24, 2.45) is 0 Å². The second-order valence-corrected chi connectivity index (χ2v) is 8.31. The zero-order chi connectivity index (χ0) is 20.5. The number of benzene rings is 2. The van der Waals surface area contributed by atoms with E-state index in [4.69, 9.17) is 4.74 Å². The number of rotatable bonds is 5. The molecular formula is C23H21NO4S. The zero-order valence-corrected chi connectivity index (χ0v) is 17.0. The lowest BCUT2D eigenvalue weighted by Crippen LogP contribution is -2.22. The van der Waals surface area contributed by atoms with Crippen LogP contribution in [-0.2, 0) is 4.79 Å². The number of amides is 1. The molecule has 1 aliphatic heterocycles. The molecule has 1 aliphatic rings. The number of carboxylic acid groups (broad SMARTS) is 1. The molecule has 0 radical (unpaired) electrons. The van der Waals surface area contributed by atoms with Crippen LogP contribution in [0, 0.1) is 0 Å². The molecule has 6 heteroatoms. The summed E-state index contributed by atoms with van der Waals surface area (Å²) in [5.41, 5.74) is 2.90. The van der Waals surface area contributed by atoms with Crippen LogP contribution in [0.5, 0.6) is 5.75 Å². The number of hydrogen-bond donors (Lipinski definition) is 2. The summed E-state index contributed by atoms with van der Waals surface area (Å²) in [5.74, 6) is -0.587. The summed E-state index contributed by atoms with van der Waals surface area (Å²) in [6.07, 6.45) is 0.312. The third-order valence-electron chi connectivity index (χ3n) is 4.79. The number of fused-ring (bicyclic) bond motifs is 1. The van der Waals surface area contributed by atoms with Crippen molar-refractivity contribution in [3.63, 3.8) is 0 Å². The van der Waals surface area contributed by atoms with E-state index < -0.39 is 5.97 Å². The van der Waals surface area contributed by atoms with Gasteiger partial charge < -0.3 is 15.2 Å². The van der Waals surface area contributed by atoms with Crippen molar-refractivity contribution in [1.82, 2.24) is 0 Å². The Morgan fingerprint density at radius 2 is 1.93 bits per heavy atom. The van der Waals surface area contributed by atoms with Gasteiger partial charge in [-0.25, -0.2) is 4.79 Å². The minimum absolute atomic E-state index is 0.0421. The van der Waals surface area contributed by atoms with E-state index in [0.717, 1.165) is 21.8 Å². The van der Waals surface area contributed by atoms with Crippen LogP contribution in [0.4, 0.5) is 5.69 Å². The second kappa shape index (κ2) is 7.72. The van der Waals surface area contributed by atoms with Crippen LogP contribution in [0.3, 0.4) is 0 Å². The first kappa shape index (κ1) is 19.2. The van der Waals surface area contributed by atoms with E-state index in [0.29, 0.717) is 11.3 Å². The maximum absolute atomic E-state index is 12.5. The van der Waals surface area contributed by atoms with Crippen LogP contribution in [-0.4, -0.2) is 23.1 Å². The van der Waals surface area contributed by atoms with Gasteiger partial charge >= 0.3 is 5.97 Å². The summed E-state index contributed by atoms with van der Waals surface area (Å²) in [5, 5.41) is 12.7. The zero-order valence-electron chi connectivity index (χ0n) is 16.1. The second-order valence-electron chi connectivity index (χ2n) is 7.26. The monoisotopic (exact) mass is 407 g/mol. The number of nitrogens with one attached hydrogen (secondary N) is 1. The number of carbonyl (C=O) groups excluding carboxylic acids is 1. The number of thiophene rings is 1. The van der Waals surface area contributed by atoms with Gasteiger partial charge in [-0.15, -0.1) is 11.3 Å². The Labute approximate surface area is 173 Å². The lowest BCUT2D eigenvalue weighted by Gasteiger charge is -2.24. The molecule has 2 heterocycles. The highest BCUT2D eigenvalue weighted by atomic mass is 32.1. The third-order valence-corrected chi connectivity index (χ3v) is 6.09. The number of ether oxygens (including phenoxy) is 1. The maximum Gasteiger partial charge on any atom is 0.346 e. The Morgan fingerprint density at radius 3 is 2.62 bits per heavy atom. The lowest BCUT2D eigenvalue weighted by atomic mass is 9.88. The van der Waals surface area contributed by atoms with Crippen molar-refractivity contribution in [3.05, 3.63) is 69.9 Å². The predicted octanol–water partition coefficient (Wildman–Crippen LogP) is 5.37. The summed E-state index contributed by atoms with van der Waals surface area (Å²) < 4.78 is 5.81. The molecule has 2 aromatic carbocycles. The highest BCUT2D eigenvalue weighted by molar-refractivity contribution is 7.15. The van der Waals surface area contributed by atoms with E-state index in [2.05, 4.69) is 5.32 Å². The first-order chi connectivity index (χ1) is 13.9. The summed E-state index contributed by atoms with van der Waals surface area (Å²) in [6.45, 7) is 3.92. The van der Waals surface area contributed by atoms with Gasteiger partial charge in [-0.1, -0.05) is 42.5 Å². The van der Waals surface area contributed by atoms with Crippen LogP contribution in [0.25, 0.3) is 11.1 Å². The molecule has 0 unspecified atom stereocenters. The van der Waals surface area contributed by atoms with E-state index in [-0.39, 0.29) is 29.2 Å². The van der Waals surface area contributed by atoms with E-state index in [1.54, 1.807) is 0 Å². The van der Waals surface area contributed by atoms with Crippen LogP contribution in [0.2, 0.25) is 0 Å². The van der Waals surface area contributed by atoms with Crippen LogP contribution < -0.4 is 10.1 Å². The molecule has 1 atom stereocenters. The molecule has 3 aromatic rings. The molecule has 5 nitrogen and oxygen atoms in total. The fourth-order valence-electron chi connectivity index (χ4n) is 3.66. The Bertz CT molecular complexity index is 1070. The first-order valence-electron chi connectivity index (χ1n) is 9.46. The van der Waals surface area contributed by atoms with Crippen molar-refractivity contribution in [2.45, 2.75) is 32.3 Å². The average molecular weight is 407 g/mol. The summed E-state index contributed by atoms with van der Waals surface area (Å²) >= 11 is 1.23. The van der Waals surface area contributed by atoms with Gasteiger partial charge in [-0.2, -0.15) is 0 Å². The molecule has 148 valence electrons. The van der Waals surface area contributed by atoms with E-state index in [1.807, 2.05) is 68.4 Å². The van der Waals surface area contributed by atoms with Gasteiger partial charge in [0.1, 0.15) is 10.6 Å². The van der Waals surface area contributed by atoms with Gasteiger partial charge in [0.25, 0.3) is 0 Å². The minimum Gasteiger partial charge on any atom is -0.491 e. The van der Waals surface area contributed by atoms with Crippen molar-refractivity contribution in [1.29, 1.82) is 0 Å². The van der Waals surface area contributed by atoms with E-state index in [9.17, 15) is 14.7 Å². The Morgan fingerprint density at radius 1 is 1.17 bits per heavy atom.